The fourth-order valence-electron chi connectivity index (χ4n) is 3.97. The van der Waals surface area contributed by atoms with Crippen LogP contribution in [0.3, 0.4) is 0 Å². The normalized spacial score (nSPS) is 13.9. The van der Waals surface area contributed by atoms with Crippen LogP contribution < -0.4 is 15.5 Å². The molecule has 2 N–H and O–H groups in total. The number of nitrogens with one attached hydrogen (secondary N) is 2. The highest BCUT2D eigenvalue weighted by molar-refractivity contribution is 7.89. The Morgan fingerprint density at radius 2 is 1.78 bits per heavy atom. The fraction of sp³-hybridized carbons (Fsp3) is 0.154. The van der Waals surface area contributed by atoms with E-state index < -0.39 is 10.0 Å². The van der Waals surface area contributed by atoms with Crippen LogP contribution in [0.15, 0.2) is 82.9 Å². The Labute approximate surface area is 226 Å². The van der Waals surface area contributed by atoms with Gasteiger partial charge < -0.3 is 5.32 Å². The number of halogens is 2. The van der Waals surface area contributed by atoms with Crippen LogP contribution in [-0.2, 0) is 23.1 Å². The topological polar surface area (TPSA) is 88.4 Å². The Kier molecular flexibility index (Phi) is 7.39. The van der Waals surface area contributed by atoms with Crippen LogP contribution in [0.25, 0.3) is 11.2 Å². The minimum atomic E-state index is -3.66. The molecule has 0 saturated heterocycles. The number of hydrogen-bond acceptors (Lipinski definition) is 5. The Morgan fingerprint density at radius 3 is 2.51 bits per heavy atom. The summed E-state index contributed by atoms with van der Waals surface area (Å²) in [5.41, 5.74) is 4.47. The first kappa shape index (κ1) is 25.5. The average Bonchev–Trinajstić information content (AvgIpc) is 3.27. The molecular formula is C26H22BCl2N5O2S. The Morgan fingerprint density at radius 1 is 1.03 bits per heavy atom. The fourth-order valence-corrected chi connectivity index (χ4v) is 5.55. The van der Waals surface area contributed by atoms with Gasteiger partial charge in [0, 0.05) is 41.0 Å². The van der Waals surface area contributed by atoms with Crippen LogP contribution in [0.4, 0.5) is 5.82 Å². The molecule has 1 aliphatic carbocycles. The second-order valence-electron chi connectivity index (χ2n) is 8.57. The van der Waals surface area contributed by atoms with E-state index in [1.54, 1.807) is 22.8 Å². The summed E-state index contributed by atoms with van der Waals surface area (Å²) >= 11 is 12.4. The quantitative estimate of drug-likeness (QED) is 0.314. The van der Waals surface area contributed by atoms with Crippen LogP contribution in [-0.4, -0.2) is 30.9 Å². The summed E-state index contributed by atoms with van der Waals surface area (Å²) in [6.45, 7) is 0.669. The van der Waals surface area contributed by atoms with Gasteiger partial charge in [-0.05, 0) is 47.6 Å². The highest BCUT2D eigenvalue weighted by Gasteiger charge is 2.16. The molecule has 0 unspecified atom stereocenters. The molecule has 0 aliphatic heterocycles. The van der Waals surface area contributed by atoms with Gasteiger partial charge in [-0.15, -0.1) is 0 Å². The van der Waals surface area contributed by atoms with E-state index in [0.717, 1.165) is 46.1 Å². The number of benzene rings is 2. The molecule has 0 fully saturated rings. The SMILES string of the molecule is [B]c1cnn2c(NCc3ccc(CNS(=O)(=O)c4cccc(Cl)c4)cc3)cc(C3=C(Cl)CCC=C3)nc12. The maximum atomic E-state index is 12.5. The van der Waals surface area contributed by atoms with Gasteiger partial charge in [0.05, 0.1) is 10.6 Å². The lowest BCUT2D eigenvalue weighted by Gasteiger charge is -2.14. The van der Waals surface area contributed by atoms with Crippen molar-refractivity contribution in [3.63, 3.8) is 0 Å². The van der Waals surface area contributed by atoms with E-state index in [-0.39, 0.29) is 11.4 Å². The van der Waals surface area contributed by atoms with Gasteiger partial charge >= 0.3 is 0 Å². The number of sulfonamides is 1. The smallest absolute Gasteiger partial charge is 0.240 e. The number of fused-ring (bicyclic) bond motifs is 1. The maximum Gasteiger partial charge on any atom is 0.240 e. The molecule has 0 amide bonds. The molecule has 11 heteroatoms. The van der Waals surface area contributed by atoms with Gasteiger partial charge in [0.1, 0.15) is 13.7 Å². The number of hydrogen-bond donors (Lipinski definition) is 2. The zero-order valence-corrected chi connectivity index (χ0v) is 22.0. The summed E-state index contributed by atoms with van der Waals surface area (Å²) in [5.74, 6) is 0.728. The summed E-state index contributed by atoms with van der Waals surface area (Å²) in [6, 6.07) is 15.7. The number of rotatable bonds is 8. The molecule has 2 radical (unpaired) electrons. The van der Waals surface area contributed by atoms with Crippen molar-refractivity contribution in [2.45, 2.75) is 30.8 Å². The lowest BCUT2D eigenvalue weighted by atomic mass is 10.00. The lowest BCUT2D eigenvalue weighted by Crippen LogP contribution is -2.23. The molecule has 0 atom stereocenters. The van der Waals surface area contributed by atoms with E-state index in [4.69, 9.17) is 31.0 Å². The summed E-state index contributed by atoms with van der Waals surface area (Å²) in [7, 11) is 2.45. The van der Waals surface area contributed by atoms with Gasteiger partial charge in [0.2, 0.25) is 10.0 Å². The Bertz CT molecular complexity index is 1630. The summed E-state index contributed by atoms with van der Waals surface area (Å²) in [6.07, 6.45) is 7.32. The minimum Gasteiger partial charge on any atom is -0.366 e. The van der Waals surface area contributed by atoms with E-state index in [1.807, 2.05) is 36.4 Å². The molecule has 1 aliphatic rings. The third kappa shape index (κ3) is 5.75. The van der Waals surface area contributed by atoms with Crippen LogP contribution in [0.2, 0.25) is 5.02 Å². The van der Waals surface area contributed by atoms with Crippen molar-refractivity contribution in [1.82, 2.24) is 19.3 Å². The molecule has 186 valence electrons. The third-order valence-electron chi connectivity index (χ3n) is 5.95. The number of nitrogens with zero attached hydrogens (tertiary/aromatic N) is 3. The van der Waals surface area contributed by atoms with Crippen molar-refractivity contribution in [3.8, 4) is 0 Å². The summed E-state index contributed by atoms with van der Waals surface area (Å²) in [4.78, 5) is 4.81. The molecule has 5 rings (SSSR count). The zero-order chi connectivity index (χ0) is 26.0. The summed E-state index contributed by atoms with van der Waals surface area (Å²) < 4.78 is 29.3. The Balaban J connectivity index is 1.29. The molecule has 0 saturated carbocycles. The van der Waals surface area contributed by atoms with Crippen molar-refractivity contribution >= 4 is 63.6 Å². The second-order valence-corrected chi connectivity index (χ2v) is 11.2. The van der Waals surface area contributed by atoms with Crippen LogP contribution in [0.1, 0.15) is 29.7 Å². The first-order chi connectivity index (χ1) is 17.8. The van der Waals surface area contributed by atoms with Crippen molar-refractivity contribution < 1.29 is 8.42 Å². The molecule has 4 aromatic rings. The standard InChI is InChI=1S/C26H22BCl2N5O2S/c27-22-16-31-34-25(13-24(33-26(22)34)21-6-1-2-7-23(21)29)30-14-17-8-10-18(11-9-17)15-32-37(35,36)20-5-3-4-19(28)12-20/h1,3-6,8-13,16,30,32H,2,7,14-15H2. The lowest BCUT2D eigenvalue weighted by molar-refractivity contribution is 0.581. The van der Waals surface area contributed by atoms with E-state index >= 15 is 0 Å². The predicted molar refractivity (Wildman–Crippen MR) is 149 cm³/mol. The first-order valence-corrected chi connectivity index (χ1v) is 13.8. The van der Waals surface area contributed by atoms with Gasteiger partial charge in [-0.1, -0.05) is 65.7 Å². The van der Waals surface area contributed by atoms with Crippen LogP contribution in [0.5, 0.6) is 0 Å². The zero-order valence-electron chi connectivity index (χ0n) is 19.7. The predicted octanol–water partition coefficient (Wildman–Crippen LogP) is 4.57. The largest absolute Gasteiger partial charge is 0.366 e. The molecule has 2 heterocycles. The number of allylic oxidation sites excluding steroid dienone is 4. The van der Waals surface area contributed by atoms with Crippen molar-refractivity contribution in [2.24, 2.45) is 0 Å². The van der Waals surface area contributed by atoms with Crippen molar-refractivity contribution in [3.05, 3.63) is 99.8 Å². The van der Waals surface area contributed by atoms with E-state index in [0.29, 0.717) is 22.7 Å². The first-order valence-electron chi connectivity index (χ1n) is 11.6. The third-order valence-corrected chi connectivity index (χ3v) is 7.98. The van der Waals surface area contributed by atoms with Gasteiger partial charge in [-0.3, -0.25) is 0 Å². The average molecular weight is 550 g/mol. The maximum absolute atomic E-state index is 12.5. The monoisotopic (exact) mass is 549 g/mol. The van der Waals surface area contributed by atoms with Gasteiger partial charge in [-0.2, -0.15) is 9.61 Å². The molecule has 0 spiro atoms. The summed E-state index contributed by atoms with van der Waals surface area (Å²) in [5, 5.41) is 8.89. The molecular weight excluding hydrogens is 528 g/mol. The Hall–Kier alpha value is -3.11. The molecule has 7 nitrogen and oxygen atoms in total. The molecule has 37 heavy (non-hydrogen) atoms. The van der Waals surface area contributed by atoms with Crippen molar-refractivity contribution in [1.29, 1.82) is 0 Å². The van der Waals surface area contributed by atoms with Crippen LogP contribution >= 0.6 is 23.2 Å². The molecule has 2 aromatic carbocycles. The van der Waals surface area contributed by atoms with Crippen molar-refractivity contribution in [2.75, 3.05) is 5.32 Å². The highest BCUT2D eigenvalue weighted by atomic mass is 35.5. The molecule has 0 bridgehead atoms. The number of aromatic nitrogens is 3. The van der Waals surface area contributed by atoms with Gasteiger partial charge in [0.15, 0.2) is 5.65 Å². The second kappa shape index (κ2) is 10.7. The molecule has 2 aromatic heterocycles. The van der Waals surface area contributed by atoms with E-state index in [1.165, 1.54) is 12.1 Å². The van der Waals surface area contributed by atoms with E-state index in [9.17, 15) is 8.42 Å². The van der Waals surface area contributed by atoms with Gasteiger partial charge in [-0.25, -0.2) is 18.1 Å². The van der Waals surface area contributed by atoms with Crippen LogP contribution in [0, 0.1) is 0 Å². The number of anilines is 1. The minimum absolute atomic E-state index is 0.129. The van der Waals surface area contributed by atoms with E-state index in [2.05, 4.69) is 26.2 Å². The van der Waals surface area contributed by atoms with Gasteiger partial charge in [0.25, 0.3) is 0 Å². The highest BCUT2D eigenvalue weighted by Crippen LogP contribution is 2.30.